The van der Waals surface area contributed by atoms with Crippen molar-refractivity contribution in [2.75, 3.05) is 13.7 Å². The molecule has 1 heterocycles. The molecule has 0 radical (unpaired) electrons. The van der Waals surface area contributed by atoms with Gasteiger partial charge in [-0.3, -0.25) is 0 Å². The summed E-state index contributed by atoms with van der Waals surface area (Å²) >= 11 is 0. The van der Waals surface area contributed by atoms with Crippen LogP contribution in [-0.2, 0) is 20.8 Å². The first-order valence-corrected chi connectivity index (χ1v) is 5.88. The Hall–Kier alpha value is -0.980. The van der Waals surface area contributed by atoms with Crippen LogP contribution in [0.1, 0.15) is 5.56 Å². The van der Waals surface area contributed by atoms with Crippen LogP contribution in [0.5, 0.6) is 0 Å². The Morgan fingerprint density at radius 2 is 1.94 bits per heavy atom. The van der Waals surface area contributed by atoms with Gasteiger partial charge in [-0.25, -0.2) is 0 Å². The molecule has 100 valence electrons. The molecular formula is C13H18O5. The lowest BCUT2D eigenvalue weighted by Gasteiger charge is -2.16. The number of hydrogen-bond donors (Lipinski definition) is 2. The lowest BCUT2D eigenvalue weighted by atomic mass is 10.1. The second kappa shape index (κ2) is 6.26. The lowest BCUT2D eigenvalue weighted by molar-refractivity contribution is -0.143. The molecule has 4 atom stereocenters. The summed E-state index contributed by atoms with van der Waals surface area (Å²) in [6.45, 7) is 0.661. The summed E-state index contributed by atoms with van der Waals surface area (Å²) in [5, 5.41) is 19.3. The SMILES string of the molecule is CO[C@@H]1[C@H](O)[C@@H](COCc2ccccc2)O[C@H]1O. The second-order valence-corrected chi connectivity index (χ2v) is 4.26. The number of aliphatic hydroxyl groups is 2. The monoisotopic (exact) mass is 254 g/mol. The van der Waals surface area contributed by atoms with Crippen LogP contribution in [-0.4, -0.2) is 48.5 Å². The maximum Gasteiger partial charge on any atom is 0.184 e. The van der Waals surface area contributed by atoms with E-state index in [4.69, 9.17) is 14.2 Å². The highest BCUT2D eigenvalue weighted by molar-refractivity contribution is 5.13. The summed E-state index contributed by atoms with van der Waals surface area (Å²) in [7, 11) is 1.42. The van der Waals surface area contributed by atoms with E-state index in [0.29, 0.717) is 6.61 Å². The van der Waals surface area contributed by atoms with E-state index in [0.717, 1.165) is 5.56 Å². The summed E-state index contributed by atoms with van der Waals surface area (Å²) in [5.41, 5.74) is 1.05. The highest BCUT2D eigenvalue weighted by Crippen LogP contribution is 2.22. The summed E-state index contributed by atoms with van der Waals surface area (Å²) in [6, 6.07) is 9.72. The van der Waals surface area contributed by atoms with Gasteiger partial charge in [-0.1, -0.05) is 30.3 Å². The van der Waals surface area contributed by atoms with Crippen LogP contribution in [0.25, 0.3) is 0 Å². The zero-order chi connectivity index (χ0) is 13.0. The highest BCUT2D eigenvalue weighted by atomic mass is 16.7. The first-order chi connectivity index (χ1) is 8.72. The van der Waals surface area contributed by atoms with E-state index in [1.165, 1.54) is 7.11 Å². The van der Waals surface area contributed by atoms with Crippen LogP contribution in [0, 0.1) is 0 Å². The van der Waals surface area contributed by atoms with Crippen molar-refractivity contribution < 1.29 is 24.4 Å². The molecule has 1 aliphatic heterocycles. The number of hydrogen-bond acceptors (Lipinski definition) is 5. The van der Waals surface area contributed by atoms with Gasteiger partial charge in [-0.15, -0.1) is 0 Å². The van der Waals surface area contributed by atoms with E-state index in [9.17, 15) is 10.2 Å². The minimum Gasteiger partial charge on any atom is -0.387 e. The van der Waals surface area contributed by atoms with Crippen molar-refractivity contribution >= 4 is 0 Å². The fourth-order valence-corrected chi connectivity index (χ4v) is 1.98. The lowest BCUT2D eigenvalue weighted by Crippen LogP contribution is -2.35. The van der Waals surface area contributed by atoms with Gasteiger partial charge in [0, 0.05) is 7.11 Å². The number of aliphatic hydroxyl groups excluding tert-OH is 2. The van der Waals surface area contributed by atoms with Gasteiger partial charge in [0.2, 0.25) is 0 Å². The highest BCUT2D eigenvalue weighted by Gasteiger charge is 2.43. The van der Waals surface area contributed by atoms with Gasteiger partial charge in [0.1, 0.15) is 18.3 Å². The van der Waals surface area contributed by atoms with Gasteiger partial charge in [0.05, 0.1) is 13.2 Å². The van der Waals surface area contributed by atoms with Crippen LogP contribution < -0.4 is 0 Å². The molecule has 5 nitrogen and oxygen atoms in total. The number of rotatable bonds is 5. The normalized spacial score (nSPS) is 31.7. The fourth-order valence-electron chi connectivity index (χ4n) is 1.98. The van der Waals surface area contributed by atoms with Gasteiger partial charge < -0.3 is 24.4 Å². The third-order valence-corrected chi connectivity index (χ3v) is 2.98. The Bertz CT molecular complexity index is 356. The fraction of sp³-hybridized carbons (Fsp3) is 0.538. The third-order valence-electron chi connectivity index (χ3n) is 2.98. The molecule has 1 aromatic rings. The Balaban J connectivity index is 1.78. The van der Waals surface area contributed by atoms with Crippen LogP contribution >= 0.6 is 0 Å². The predicted octanol–water partition coefficient (Wildman–Crippen LogP) is 0.296. The molecule has 1 saturated heterocycles. The third kappa shape index (κ3) is 3.07. The summed E-state index contributed by atoms with van der Waals surface area (Å²) < 4.78 is 15.6. The van der Waals surface area contributed by atoms with E-state index in [1.807, 2.05) is 30.3 Å². The van der Waals surface area contributed by atoms with Gasteiger partial charge in [-0.05, 0) is 5.56 Å². The molecular weight excluding hydrogens is 236 g/mol. The molecule has 1 aromatic carbocycles. The molecule has 5 heteroatoms. The Morgan fingerprint density at radius 1 is 1.22 bits per heavy atom. The summed E-state index contributed by atoms with van der Waals surface area (Å²) in [6.07, 6.45) is -3.25. The van der Waals surface area contributed by atoms with E-state index < -0.39 is 24.6 Å². The molecule has 0 aliphatic carbocycles. The molecule has 2 N–H and O–H groups in total. The second-order valence-electron chi connectivity index (χ2n) is 4.26. The van der Waals surface area contributed by atoms with E-state index in [-0.39, 0.29) is 6.61 Å². The predicted molar refractivity (Wildman–Crippen MR) is 63.8 cm³/mol. The number of benzene rings is 1. The van der Waals surface area contributed by atoms with Crippen LogP contribution in [0.3, 0.4) is 0 Å². The average Bonchev–Trinajstić information content (AvgIpc) is 2.65. The van der Waals surface area contributed by atoms with Gasteiger partial charge in [0.25, 0.3) is 0 Å². The van der Waals surface area contributed by atoms with Crippen molar-refractivity contribution in [1.29, 1.82) is 0 Å². The average molecular weight is 254 g/mol. The molecule has 0 amide bonds. The minimum atomic E-state index is -1.10. The zero-order valence-electron chi connectivity index (χ0n) is 10.2. The maximum absolute atomic E-state index is 9.83. The van der Waals surface area contributed by atoms with E-state index >= 15 is 0 Å². The minimum absolute atomic E-state index is 0.215. The summed E-state index contributed by atoms with van der Waals surface area (Å²) in [5.74, 6) is 0. The molecule has 0 aromatic heterocycles. The van der Waals surface area contributed by atoms with Crippen molar-refractivity contribution in [3.63, 3.8) is 0 Å². The van der Waals surface area contributed by atoms with Gasteiger partial charge >= 0.3 is 0 Å². The smallest absolute Gasteiger partial charge is 0.184 e. The van der Waals surface area contributed by atoms with Crippen molar-refractivity contribution in [3.8, 4) is 0 Å². The van der Waals surface area contributed by atoms with Crippen molar-refractivity contribution in [1.82, 2.24) is 0 Å². The van der Waals surface area contributed by atoms with Crippen LogP contribution in [0.15, 0.2) is 30.3 Å². The van der Waals surface area contributed by atoms with E-state index in [1.54, 1.807) is 0 Å². The van der Waals surface area contributed by atoms with Gasteiger partial charge in [-0.2, -0.15) is 0 Å². The van der Waals surface area contributed by atoms with E-state index in [2.05, 4.69) is 0 Å². The molecule has 0 spiro atoms. The first kappa shape index (κ1) is 13.5. The standard InChI is InChI=1S/C13H18O5/c1-16-12-11(14)10(18-13(12)15)8-17-7-9-5-3-2-4-6-9/h2-6,10-15H,7-8H2,1H3/t10-,11-,12-,13-/m1/s1. The zero-order valence-corrected chi connectivity index (χ0v) is 10.2. The van der Waals surface area contributed by atoms with Gasteiger partial charge in [0.15, 0.2) is 6.29 Å². The first-order valence-electron chi connectivity index (χ1n) is 5.88. The Morgan fingerprint density at radius 3 is 2.56 bits per heavy atom. The molecule has 1 fully saturated rings. The molecule has 2 rings (SSSR count). The van der Waals surface area contributed by atoms with Crippen molar-refractivity contribution in [2.24, 2.45) is 0 Å². The Kier molecular flexibility index (Phi) is 4.68. The number of ether oxygens (including phenoxy) is 3. The molecule has 0 bridgehead atoms. The molecule has 0 unspecified atom stereocenters. The Labute approximate surface area is 106 Å². The number of methoxy groups -OCH3 is 1. The maximum atomic E-state index is 9.83. The topological polar surface area (TPSA) is 68.2 Å². The van der Waals surface area contributed by atoms with Crippen LogP contribution in [0.4, 0.5) is 0 Å². The van der Waals surface area contributed by atoms with Crippen LogP contribution in [0.2, 0.25) is 0 Å². The summed E-state index contributed by atoms with van der Waals surface area (Å²) in [4.78, 5) is 0. The van der Waals surface area contributed by atoms with Crippen molar-refractivity contribution in [2.45, 2.75) is 31.2 Å². The molecule has 0 saturated carbocycles. The van der Waals surface area contributed by atoms with Crippen molar-refractivity contribution in [3.05, 3.63) is 35.9 Å². The largest absolute Gasteiger partial charge is 0.387 e. The quantitative estimate of drug-likeness (QED) is 0.791. The molecule has 1 aliphatic rings. The molecule has 18 heavy (non-hydrogen) atoms.